The van der Waals surface area contributed by atoms with Gasteiger partial charge in [-0.15, -0.1) is 0 Å². The molecule has 10 atom stereocenters. The maximum absolute atomic E-state index is 11.7. The average molecular weight is 505 g/mol. The van der Waals surface area contributed by atoms with Crippen molar-refractivity contribution in [3.8, 4) is 0 Å². The Morgan fingerprint density at radius 1 is 1.22 bits per heavy atom. The van der Waals surface area contributed by atoms with Crippen LogP contribution in [0.25, 0.3) is 0 Å². The Hall–Kier alpha value is -1.21. The van der Waals surface area contributed by atoms with Gasteiger partial charge in [0, 0.05) is 17.3 Å². The van der Waals surface area contributed by atoms with Crippen molar-refractivity contribution >= 4 is 6.47 Å². The molecule has 204 valence electrons. The third-order valence-electron chi connectivity index (χ3n) is 11.2. The first-order chi connectivity index (χ1) is 16.5. The molecule has 2 saturated carbocycles. The highest BCUT2D eigenvalue weighted by Crippen LogP contribution is 2.72. The summed E-state index contributed by atoms with van der Waals surface area (Å²) in [4.78, 5) is 10.9. The molecule has 0 aromatic carbocycles. The van der Waals surface area contributed by atoms with Crippen LogP contribution in [-0.4, -0.2) is 57.9 Å². The Labute approximate surface area is 217 Å². The van der Waals surface area contributed by atoms with Crippen LogP contribution in [0.3, 0.4) is 0 Å². The average Bonchev–Trinajstić information content (AvgIpc) is 3.23. The predicted molar refractivity (Wildman–Crippen MR) is 139 cm³/mol. The van der Waals surface area contributed by atoms with Gasteiger partial charge in [0.15, 0.2) is 0 Å². The number of hydrogen-bond acceptors (Lipinski definition) is 6. The van der Waals surface area contributed by atoms with Crippen molar-refractivity contribution in [2.24, 2.45) is 34.0 Å². The molecular weight excluding hydrogens is 456 g/mol. The van der Waals surface area contributed by atoms with E-state index >= 15 is 0 Å². The molecule has 3 N–H and O–H groups in total. The van der Waals surface area contributed by atoms with Gasteiger partial charge in [0.25, 0.3) is 6.47 Å². The summed E-state index contributed by atoms with van der Waals surface area (Å²) in [5.41, 5.74) is -0.0611. The summed E-state index contributed by atoms with van der Waals surface area (Å²) < 4.78 is 11.7. The van der Waals surface area contributed by atoms with Gasteiger partial charge in [0.05, 0.1) is 36.1 Å². The number of carbonyl (C=O) groups excluding carboxylic acids is 1. The first kappa shape index (κ1) is 27.8. The summed E-state index contributed by atoms with van der Waals surface area (Å²) in [7, 11) is 0. The molecule has 3 aliphatic carbocycles. The molecule has 1 saturated heterocycles. The number of fused-ring (bicyclic) bond motifs is 3. The van der Waals surface area contributed by atoms with Crippen LogP contribution in [0.15, 0.2) is 23.8 Å². The Balaban J connectivity index is 1.75. The monoisotopic (exact) mass is 504 g/mol. The zero-order chi connectivity index (χ0) is 26.9. The highest BCUT2D eigenvalue weighted by molar-refractivity contribution is 5.38. The number of ether oxygens (including phenoxy) is 2. The fourth-order valence-corrected chi connectivity index (χ4v) is 9.43. The molecule has 6 heteroatoms. The molecule has 1 aliphatic heterocycles. The number of hydrogen-bond donors (Lipinski definition) is 3. The van der Waals surface area contributed by atoms with Crippen molar-refractivity contribution in [1.82, 2.24) is 0 Å². The normalized spacial score (nSPS) is 48.7. The van der Waals surface area contributed by atoms with Crippen LogP contribution in [0.4, 0.5) is 0 Å². The molecular formula is C30H48O6. The van der Waals surface area contributed by atoms with Gasteiger partial charge in [0.2, 0.25) is 0 Å². The Kier molecular flexibility index (Phi) is 6.90. The fraction of sp³-hybridized carbons (Fsp3) is 0.833. The number of carbonyl (C=O) groups is 1. The highest BCUT2D eigenvalue weighted by Gasteiger charge is 2.70. The maximum Gasteiger partial charge on any atom is 0.293 e. The van der Waals surface area contributed by atoms with Crippen molar-refractivity contribution in [3.05, 3.63) is 23.8 Å². The van der Waals surface area contributed by atoms with E-state index in [0.717, 1.165) is 24.8 Å². The molecule has 0 amide bonds. The minimum Gasteiger partial charge on any atom is -0.468 e. The van der Waals surface area contributed by atoms with Crippen molar-refractivity contribution in [2.75, 3.05) is 6.61 Å². The third-order valence-corrected chi connectivity index (χ3v) is 11.2. The molecule has 0 bridgehead atoms. The van der Waals surface area contributed by atoms with Crippen LogP contribution in [-0.2, 0) is 14.3 Å². The second-order valence-corrected chi connectivity index (χ2v) is 13.9. The van der Waals surface area contributed by atoms with E-state index in [9.17, 15) is 20.1 Å². The quantitative estimate of drug-likeness (QED) is 0.267. The Morgan fingerprint density at radius 3 is 2.44 bits per heavy atom. The van der Waals surface area contributed by atoms with Gasteiger partial charge < -0.3 is 24.8 Å². The predicted octanol–water partition coefficient (Wildman–Crippen LogP) is 4.56. The van der Waals surface area contributed by atoms with Crippen LogP contribution < -0.4 is 0 Å². The van der Waals surface area contributed by atoms with Gasteiger partial charge >= 0.3 is 0 Å². The van der Waals surface area contributed by atoms with Crippen molar-refractivity contribution in [3.63, 3.8) is 0 Å². The fourth-order valence-electron chi connectivity index (χ4n) is 9.43. The van der Waals surface area contributed by atoms with E-state index in [1.54, 1.807) is 13.8 Å². The summed E-state index contributed by atoms with van der Waals surface area (Å²) in [5, 5.41) is 33.8. The largest absolute Gasteiger partial charge is 0.468 e. The van der Waals surface area contributed by atoms with E-state index in [2.05, 4.69) is 40.3 Å². The van der Waals surface area contributed by atoms with E-state index in [-0.39, 0.29) is 40.1 Å². The number of rotatable bonds is 7. The van der Waals surface area contributed by atoms with Crippen LogP contribution in [0.5, 0.6) is 0 Å². The molecule has 0 aromatic rings. The van der Waals surface area contributed by atoms with Gasteiger partial charge in [-0.3, -0.25) is 4.79 Å². The van der Waals surface area contributed by atoms with Crippen LogP contribution in [0.1, 0.15) is 87.0 Å². The molecule has 0 spiro atoms. The van der Waals surface area contributed by atoms with Gasteiger partial charge in [-0.05, 0) is 83.0 Å². The number of allylic oxidation sites excluding steroid dienone is 2. The molecule has 0 aromatic heterocycles. The van der Waals surface area contributed by atoms with E-state index in [4.69, 9.17) is 9.47 Å². The topological polar surface area (TPSA) is 96.2 Å². The van der Waals surface area contributed by atoms with Crippen molar-refractivity contribution < 1.29 is 29.6 Å². The van der Waals surface area contributed by atoms with Gasteiger partial charge in [0.1, 0.15) is 0 Å². The van der Waals surface area contributed by atoms with Crippen LogP contribution >= 0.6 is 0 Å². The lowest BCUT2D eigenvalue weighted by Gasteiger charge is -2.61. The molecule has 36 heavy (non-hydrogen) atoms. The lowest BCUT2D eigenvalue weighted by Crippen LogP contribution is -2.57. The molecule has 0 radical (unpaired) electrons. The summed E-state index contributed by atoms with van der Waals surface area (Å²) in [5.74, 6) is -0.104. The van der Waals surface area contributed by atoms with E-state index < -0.39 is 23.4 Å². The first-order valence-electron chi connectivity index (χ1n) is 13.7. The Bertz CT molecular complexity index is 921. The van der Waals surface area contributed by atoms with Crippen LogP contribution in [0.2, 0.25) is 0 Å². The van der Waals surface area contributed by atoms with E-state index in [1.165, 1.54) is 5.57 Å². The Morgan fingerprint density at radius 2 is 1.89 bits per heavy atom. The standard InChI is InChI=1S/C30H48O6/c1-18(2)24-21(32)15-20-19(27(24,5)13-14-35-17-31)9-11-28(6)25(22(33)16-29(20,28)7)30(8)12-10-23(36-30)26(3,4)34/h9,17,20-25,32-34H,1,10-16H2,2-8H3/t20?,21-,22-,23-,24+,25-,27+,28+,29-,30+/m0/s1. The van der Waals surface area contributed by atoms with Gasteiger partial charge in [-0.2, -0.15) is 0 Å². The van der Waals surface area contributed by atoms with Crippen LogP contribution in [0, 0.1) is 34.0 Å². The van der Waals surface area contributed by atoms with Crippen molar-refractivity contribution in [2.45, 2.75) is 117 Å². The molecule has 4 aliphatic rings. The minimum absolute atomic E-state index is 0.0826. The molecule has 1 unspecified atom stereocenters. The van der Waals surface area contributed by atoms with Gasteiger partial charge in [-0.25, -0.2) is 0 Å². The van der Waals surface area contributed by atoms with Gasteiger partial charge in [-0.1, -0.05) is 44.6 Å². The first-order valence-corrected chi connectivity index (χ1v) is 13.7. The molecule has 6 nitrogen and oxygen atoms in total. The lowest BCUT2D eigenvalue weighted by molar-refractivity contribution is -0.174. The second kappa shape index (κ2) is 8.93. The minimum atomic E-state index is -0.929. The summed E-state index contributed by atoms with van der Waals surface area (Å²) >= 11 is 0. The van der Waals surface area contributed by atoms with E-state index in [1.807, 2.05) is 6.92 Å². The van der Waals surface area contributed by atoms with E-state index in [0.29, 0.717) is 32.3 Å². The zero-order valence-electron chi connectivity index (χ0n) is 23.3. The number of aliphatic hydroxyl groups excluding tert-OH is 2. The maximum atomic E-state index is 11.7. The second-order valence-electron chi connectivity index (χ2n) is 13.9. The van der Waals surface area contributed by atoms with Crippen molar-refractivity contribution in [1.29, 1.82) is 0 Å². The summed E-state index contributed by atoms with van der Waals surface area (Å²) in [6, 6.07) is 0. The molecule has 3 fully saturated rings. The number of aliphatic hydroxyl groups is 3. The summed E-state index contributed by atoms with van der Waals surface area (Å²) in [6.07, 6.45) is 5.31. The molecule has 4 rings (SSSR count). The SMILES string of the molecule is C=C(C)[C@@H]1[C@@H](O)CC2C(=CC[C@]3(C)[C@@H]([C@@]4(C)CC[C@@H](C(C)(C)O)O4)[C@@H](O)C[C@@]23C)[C@@]1(C)CCOC=O. The highest BCUT2D eigenvalue weighted by atomic mass is 16.5. The molecule has 1 heterocycles. The third kappa shape index (κ3) is 3.93. The summed E-state index contributed by atoms with van der Waals surface area (Å²) in [6.45, 7) is 19.5. The smallest absolute Gasteiger partial charge is 0.293 e. The zero-order valence-corrected chi connectivity index (χ0v) is 23.3. The lowest BCUT2D eigenvalue weighted by atomic mass is 9.44.